The second kappa shape index (κ2) is 64.2. The van der Waals surface area contributed by atoms with Gasteiger partial charge >= 0.3 is 30.2 Å². The standard InChI is InChI=1S/C23H22N2O.C18H18BrNS.C16H15BrN2.C15H14BrCl.C15H15BrO.C8H7BrO.C7H9BO3.C7H7.C6H6N4O.C3H5NS.CH4.2ClH.FH.Mg.H2/c1-23(15-18-7-3-4-12-21(18)22(24)25-23)19-10-5-8-16(13-19)17-9-6-11-20(14-17)26-2;1-3-21-17-16-10-5-4-7-13(16)12-18(2,20-17)14-8-6-9-15(19)11-14;1-16(12-6-4-7-13(17)9-12)10-11-5-2-3-8-14(11)15(18)19-16;2*1-15(17,11-12-6-3-2-4-7-12)13-8-5-9-14(16)10-13;1-6(10)7-3-2-4-8(9)5-7;1-11-7-4-2-3-6(5-7)8(9)10;1-7-5-3-2-4-6-7;7-11-10-6-4-2-1-3-5(6)8-9-10;1-2-5-3-4;;;;;;/h3-14H,15H2,1-2H3,(H2,24,25);4-11H,3,12H2,1-2H3;2-9H,10H2,1H3,(H2,18,19);2-10H,11H2,1H3;2-10,17H,11H2,1H3;2-5H,1H3;2-5,9-10H,1H3;2-6H,1H2;1-4H,7H2;2H2,1H3;1H4;3*1H;;1H/q;;;;;;;-1;;;;;;;+2;/p-1/i;;;;;;;;;;;;;;;1+1. The third kappa shape index (κ3) is 39.8. The van der Waals surface area contributed by atoms with Crippen LogP contribution in [-0.2, 0) is 59.2 Å². The van der Waals surface area contributed by atoms with Crippen LogP contribution in [0.5, 0.6) is 11.5 Å². The van der Waals surface area contributed by atoms with Crippen molar-refractivity contribution in [3.63, 3.8) is 0 Å². The maximum atomic E-state index is 10.8. The number of halogens is 9. The minimum atomic E-state index is -1.43. The first-order chi connectivity index (χ1) is 69.1. The summed E-state index contributed by atoms with van der Waals surface area (Å²) in [6, 6.07) is 126. The second-order valence-electron chi connectivity index (χ2n) is 34.6. The molecule has 0 spiro atoms. The van der Waals surface area contributed by atoms with Crippen LogP contribution in [0.2, 0.25) is 0 Å². The number of amidine groups is 2. The number of para-hydroxylation sites is 1. The first-order valence-electron chi connectivity index (χ1n) is 46.4. The van der Waals surface area contributed by atoms with Crippen molar-refractivity contribution in [2.45, 2.75) is 122 Å². The number of aliphatic hydroxyl groups is 1. The summed E-state index contributed by atoms with van der Waals surface area (Å²) in [5, 5.41) is 46.3. The Hall–Kier alpha value is -10.7. The van der Waals surface area contributed by atoms with E-state index < -0.39 is 12.7 Å². The first kappa shape index (κ1) is 129. The zero-order valence-electron chi connectivity index (χ0n) is 83.9. The van der Waals surface area contributed by atoms with Crippen LogP contribution < -0.4 is 49.6 Å². The fourth-order valence-corrected chi connectivity index (χ4v) is 19.2. The zero-order chi connectivity index (χ0) is 104. The molecule has 4 heterocycles. The summed E-state index contributed by atoms with van der Waals surface area (Å²) in [5.41, 5.74) is 32.2. The van der Waals surface area contributed by atoms with Crippen molar-refractivity contribution in [2.24, 2.45) is 32.3 Å². The molecule has 0 fully saturated rings. The van der Waals surface area contributed by atoms with Gasteiger partial charge in [0.2, 0.25) is 0 Å². The summed E-state index contributed by atoms with van der Waals surface area (Å²) in [7, 11) is 1.79. The number of nitrogens with zero attached hydrogens (tertiary/aromatic N) is 7. The van der Waals surface area contributed by atoms with Gasteiger partial charge in [-0.2, -0.15) is 29.9 Å². The topological polar surface area (TPSA) is 275 Å². The third-order valence-corrected chi connectivity index (χ3v) is 27.4. The molecule has 0 amide bonds. The second-order valence-corrected chi connectivity index (χ2v) is 42.3. The average molecular weight is 2430 g/mol. The van der Waals surface area contributed by atoms with E-state index in [1.807, 2.05) is 237 Å². The molecule has 5 unspecified atom stereocenters. The van der Waals surface area contributed by atoms with Crippen molar-refractivity contribution in [1.82, 2.24) is 15.2 Å². The summed E-state index contributed by atoms with van der Waals surface area (Å²) in [4.78, 5) is 30.7. The quantitative estimate of drug-likeness (QED) is 0.0123. The van der Waals surface area contributed by atoms with E-state index in [1.54, 1.807) is 44.4 Å². The number of rotatable bonds is 17. The Kier molecular flexibility index (Phi) is 55.5. The van der Waals surface area contributed by atoms with Crippen molar-refractivity contribution in [3.05, 3.63) is 495 Å². The zero-order valence-corrected chi connectivity index (χ0v) is 97.2. The number of Topliss-reactive ketones (excluding diaryl/α,β-unsaturated/α-hetero) is 1. The molecule has 0 bridgehead atoms. The molecule has 149 heavy (non-hydrogen) atoms. The molecule has 3 aliphatic rings. The van der Waals surface area contributed by atoms with E-state index in [0.717, 1.165) is 137 Å². The number of thiocyanates is 1. The Morgan fingerprint density at radius 1 is 0.510 bits per heavy atom. The average Bonchev–Trinajstić information content (AvgIpc) is 0.892. The van der Waals surface area contributed by atoms with Gasteiger partial charge in [-0.1, -0.05) is 361 Å². The fourth-order valence-electron chi connectivity index (χ4n) is 15.9. The van der Waals surface area contributed by atoms with Crippen LogP contribution in [0.1, 0.15) is 152 Å². The number of aromatic nitrogens is 3. The van der Waals surface area contributed by atoms with Crippen LogP contribution in [0.25, 0.3) is 22.2 Å². The van der Waals surface area contributed by atoms with E-state index >= 15 is 0 Å². The summed E-state index contributed by atoms with van der Waals surface area (Å²) in [6.07, 6.45) is 4.11. The van der Waals surface area contributed by atoms with Crippen molar-refractivity contribution < 1.29 is 52.9 Å². The van der Waals surface area contributed by atoms with Crippen molar-refractivity contribution in [2.75, 3.05) is 25.7 Å². The number of nitrogens with two attached hydrogens (primary N) is 3. The van der Waals surface area contributed by atoms with Crippen LogP contribution in [0, 0.1) is 17.6 Å². The summed E-state index contributed by atoms with van der Waals surface area (Å²) >= 11 is 27.0. The minimum absolute atomic E-state index is 0. The molecule has 3 aliphatic heterocycles. The SMILES string of the molecule is C.CC(=O)c1cccc(Br)c1.CC(Cl)(Cc1ccccc1)c1cccc(Br)c1.CC(O)(Cc1ccccc1)c1cccc(Br)c1.CC1(c2cccc(Br)c2)Cc2ccccc2C(N)=N1.CCSC#N.CCSC1=NC(C)(c2cccc(Br)c2)Cc2ccccc21.COc1cccc(-c2cccc(C3(C)Cc4ccccc4C(N)=N3)c2)c1.COc1cccc(B(O)O)c1.Cl.F.NOn1nnc2ccccc21.[2HH].[CH2-]c1ccccc1.[Cl-].[Mg+2]. The Labute approximate surface area is 963 Å². The monoisotopic (exact) mass is 2430 g/mol. The van der Waals surface area contributed by atoms with E-state index in [9.17, 15) is 9.90 Å². The first-order valence-corrected chi connectivity index (χ1v) is 52.7. The number of hydrogen-bond acceptors (Lipinski definition) is 18. The van der Waals surface area contributed by atoms with E-state index in [4.69, 9.17) is 68.7 Å². The normalized spacial score (nSPS) is 14.9. The number of methoxy groups -OCH3 is 2. The number of ether oxygens (including phenoxy) is 2. The molecule has 17 nitrogen and oxygen atoms in total. The van der Waals surface area contributed by atoms with Crippen LogP contribution in [-0.4, -0.2) is 109 Å². The molecule has 15 aromatic carbocycles. The summed E-state index contributed by atoms with van der Waals surface area (Å²) < 4.78 is 15.4. The van der Waals surface area contributed by atoms with Crippen LogP contribution >= 0.6 is 127 Å². The number of alkyl halides is 1. The molecular weight excluding hydrogens is 2310 g/mol. The fraction of sp³-hybridized carbons (Fsp3) is 0.193. The predicted molar refractivity (Wildman–Crippen MR) is 641 cm³/mol. The molecule has 9 N–H and O–H groups in total. The molecule has 16 aromatic rings. The van der Waals surface area contributed by atoms with Gasteiger partial charge in [0.05, 0.1) is 46.4 Å². The van der Waals surface area contributed by atoms with Gasteiger partial charge in [0, 0.05) is 77.5 Å². The Morgan fingerprint density at radius 2 is 0.906 bits per heavy atom. The van der Waals surface area contributed by atoms with Gasteiger partial charge in [-0.05, 0) is 246 Å². The molecule has 0 saturated carbocycles. The van der Waals surface area contributed by atoms with E-state index in [-0.39, 0.29) is 88.7 Å². The Morgan fingerprint density at radius 3 is 1.35 bits per heavy atom. The number of ketones is 1. The number of hydrogen-bond donors (Lipinski definition) is 6. The maximum absolute atomic E-state index is 10.8. The largest absolute Gasteiger partial charge is 2.00 e. The van der Waals surface area contributed by atoms with Gasteiger partial charge in [0.1, 0.15) is 39.6 Å². The van der Waals surface area contributed by atoms with E-state index in [1.165, 1.54) is 62.9 Å². The van der Waals surface area contributed by atoms with Gasteiger partial charge in [0.15, 0.2) is 5.78 Å². The number of nitriles is 1. The van der Waals surface area contributed by atoms with Gasteiger partial charge in [-0.3, -0.25) is 24.5 Å². The van der Waals surface area contributed by atoms with Gasteiger partial charge < -0.3 is 53.4 Å². The van der Waals surface area contributed by atoms with Crippen LogP contribution in [0.4, 0.5) is 4.70 Å². The number of carbonyl (C=O) groups excluding carboxylic acids is 1. The predicted octanol–water partition coefficient (Wildman–Crippen LogP) is 25.6. The maximum Gasteiger partial charge on any atom is 2.00 e. The van der Waals surface area contributed by atoms with Crippen molar-refractivity contribution >= 4 is 196 Å². The minimum Gasteiger partial charge on any atom is -1.00 e. The van der Waals surface area contributed by atoms with Crippen molar-refractivity contribution in [3.8, 4) is 28.0 Å². The van der Waals surface area contributed by atoms with Gasteiger partial charge in [0.25, 0.3) is 0 Å². The van der Waals surface area contributed by atoms with Crippen LogP contribution in [0.15, 0.2) is 420 Å². The van der Waals surface area contributed by atoms with E-state index in [0.29, 0.717) is 29.3 Å². The number of thioether (sulfide) groups is 2. The summed E-state index contributed by atoms with van der Waals surface area (Å²) in [5.74, 6) is 9.68. The summed E-state index contributed by atoms with van der Waals surface area (Å²) in [6.45, 7) is 19.8. The Balaban J connectivity index is 0.000000354. The molecule has 30 heteroatoms. The molecular formula is C119H126BBr5Cl3FMgN10O7S2. The number of fused-ring (bicyclic) bond motifs is 4. The molecule has 774 valence electrons. The third-order valence-electron chi connectivity index (χ3n) is 23.3. The van der Waals surface area contributed by atoms with Crippen LogP contribution in [0.3, 0.4) is 0 Å². The smallest absolute Gasteiger partial charge is 1.00 e. The number of aliphatic imine (C=N–C) groups is 3. The number of carbonyl (C=O) groups is 1. The van der Waals surface area contributed by atoms with Gasteiger partial charge in [-0.15, -0.1) is 58.9 Å². The number of benzene rings is 15. The Bertz CT molecular complexity index is 6930. The molecule has 5 atom stereocenters. The van der Waals surface area contributed by atoms with E-state index in [2.05, 4.69) is 282 Å². The van der Waals surface area contributed by atoms with Gasteiger partial charge in [-0.25, -0.2) is 0 Å². The van der Waals surface area contributed by atoms with Crippen molar-refractivity contribution in [1.29, 1.82) is 5.26 Å². The molecule has 1 aromatic heterocycles. The molecule has 0 aliphatic carbocycles. The molecule has 19 rings (SSSR count). The molecule has 0 radical (unpaired) electrons. The molecule has 0 saturated heterocycles.